The maximum atomic E-state index is 12.3. The Hall–Kier alpha value is -3.35. The van der Waals surface area contributed by atoms with Crippen molar-refractivity contribution in [1.29, 1.82) is 0 Å². The molecule has 0 aliphatic carbocycles. The largest absolute Gasteiger partial charge is 0.481 e. The van der Waals surface area contributed by atoms with Gasteiger partial charge in [0.1, 0.15) is 12.2 Å². The molecule has 2 N–H and O–H groups in total. The van der Waals surface area contributed by atoms with E-state index in [-0.39, 0.29) is 12.2 Å². The van der Waals surface area contributed by atoms with Gasteiger partial charge < -0.3 is 19.9 Å². The molecule has 0 fully saturated rings. The number of esters is 1. The summed E-state index contributed by atoms with van der Waals surface area (Å²) < 4.78 is 26.6. The molecule has 7 nitrogen and oxygen atoms in total. The van der Waals surface area contributed by atoms with Crippen molar-refractivity contribution >= 4 is 18.0 Å². The molecule has 0 aliphatic heterocycles. The average molecular weight is 430 g/mol. The molecule has 2 aromatic carbocycles. The van der Waals surface area contributed by atoms with Crippen molar-refractivity contribution in [1.82, 2.24) is 5.32 Å². The summed E-state index contributed by atoms with van der Waals surface area (Å²) in [5, 5.41) is 11.6. The summed E-state index contributed by atoms with van der Waals surface area (Å²) in [6.07, 6.45) is -1.06. The zero-order valence-corrected chi connectivity index (χ0v) is 18.3. The number of nitrogens with one attached hydrogen (secondary N) is 1. The van der Waals surface area contributed by atoms with Gasteiger partial charge in [-0.3, -0.25) is 4.79 Å². The molecular formula is C24H29NO6. The van der Waals surface area contributed by atoms with Crippen LogP contribution in [-0.4, -0.2) is 35.2 Å². The van der Waals surface area contributed by atoms with E-state index < -0.39 is 36.0 Å². The number of aliphatic carboxylic acids is 1. The summed E-state index contributed by atoms with van der Waals surface area (Å²) in [5.41, 5.74) is 2.17. The normalized spacial score (nSPS) is 13.5. The van der Waals surface area contributed by atoms with Gasteiger partial charge in [-0.1, -0.05) is 42.0 Å². The van der Waals surface area contributed by atoms with E-state index >= 15 is 0 Å². The van der Waals surface area contributed by atoms with Crippen LogP contribution in [0.25, 0.3) is 0 Å². The van der Waals surface area contributed by atoms with Crippen LogP contribution in [0.2, 0.25) is 0 Å². The Bertz CT molecular complexity index is 1030. The highest BCUT2D eigenvalue weighted by molar-refractivity contribution is 5.91. The second-order valence-electron chi connectivity index (χ2n) is 8.18. The molecule has 0 saturated heterocycles. The standard InChI is InChI=1S/C24H29NO6/c1-15-6-11-19(16(2)12-15)22(28)30-14-17-7-9-18(10-8-17)20(21(26)27)13-25-23(29)31-24(3,4)5/h6-12,20H,13-14H2,1-5H3,(H,25,29)(H,26,27)/t20-/m1/s1/i13D2. The van der Waals surface area contributed by atoms with Crippen LogP contribution in [0.1, 0.15) is 62.0 Å². The predicted octanol–water partition coefficient (Wildman–Crippen LogP) is 4.35. The Labute approximate surface area is 185 Å². The minimum Gasteiger partial charge on any atom is -0.481 e. The Morgan fingerprint density at radius 3 is 2.29 bits per heavy atom. The van der Waals surface area contributed by atoms with Gasteiger partial charge in [-0.15, -0.1) is 0 Å². The molecular weight excluding hydrogens is 398 g/mol. The lowest BCUT2D eigenvalue weighted by Crippen LogP contribution is -2.36. The van der Waals surface area contributed by atoms with Crippen LogP contribution >= 0.6 is 0 Å². The zero-order valence-electron chi connectivity index (χ0n) is 20.3. The average Bonchev–Trinajstić information content (AvgIpc) is 2.64. The summed E-state index contributed by atoms with van der Waals surface area (Å²) >= 11 is 0. The van der Waals surface area contributed by atoms with Gasteiger partial charge in [0.25, 0.3) is 0 Å². The van der Waals surface area contributed by atoms with Crippen LogP contribution in [0.15, 0.2) is 42.5 Å². The molecule has 31 heavy (non-hydrogen) atoms. The van der Waals surface area contributed by atoms with Crippen LogP contribution < -0.4 is 5.32 Å². The van der Waals surface area contributed by atoms with Gasteiger partial charge in [-0.25, -0.2) is 9.59 Å². The first-order chi connectivity index (χ1) is 15.2. The number of benzene rings is 2. The molecule has 0 aliphatic rings. The van der Waals surface area contributed by atoms with E-state index in [0.29, 0.717) is 11.1 Å². The van der Waals surface area contributed by atoms with Crippen LogP contribution in [0.3, 0.4) is 0 Å². The van der Waals surface area contributed by atoms with Gasteiger partial charge in [-0.05, 0) is 57.4 Å². The van der Waals surface area contributed by atoms with Crippen molar-refractivity contribution in [2.75, 3.05) is 6.50 Å². The highest BCUT2D eigenvalue weighted by Crippen LogP contribution is 2.18. The maximum absolute atomic E-state index is 12.3. The van der Waals surface area contributed by atoms with Crippen molar-refractivity contribution in [2.24, 2.45) is 0 Å². The van der Waals surface area contributed by atoms with E-state index in [9.17, 15) is 19.5 Å². The van der Waals surface area contributed by atoms with E-state index in [1.165, 1.54) is 12.1 Å². The fraction of sp³-hybridized carbons (Fsp3) is 0.375. The quantitative estimate of drug-likeness (QED) is 0.635. The lowest BCUT2D eigenvalue weighted by atomic mass is 9.98. The lowest BCUT2D eigenvalue weighted by Gasteiger charge is -2.21. The Kier molecular flexibility index (Phi) is 6.82. The first-order valence-electron chi connectivity index (χ1n) is 10.8. The summed E-state index contributed by atoms with van der Waals surface area (Å²) in [4.78, 5) is 36.2. The number of hydrogen-bond acceptors (Lipinski definition) is 5. The maximum Gasteiger partial charge on any atom is 0.407 e. The fourth-order valence-corrected chi connectivity index (χ4v) is 2.80. The molecule has 1 amide bonds. The summed E-state index contributed by atoms with van der Waals surface area (Å²) in [5.74, 6) is -3.61. The fourth-order valence-electron chi connectivity index (χ4n) is 2.80. The molecule has 2 aromatic rings. The minimum absolute atomic E-state index is 0.0345. The number of carboxylic acid groups (broad SMARTS) is 1. The number of carboxylic acids is 1. The number of ether oxygens (including phenoxy) is 2. The van der Waals surface area contributed by atoms with Gasteiger partial charge in [-0.2, -0.15) is 0 Å². The molecule has 0 aromatic heterocycles. The minimum atomic E-state index is -2.62. The summed E-state index contributed by atoms with van der Waals surface area (Å²) in [6, 6.07) is 11.4. The summed E-state index contributed by atoms with van der Waals surface area (Å²) in [6.45, 7) is 5.94. The van der Waals surface area contributed by atoms with Gasteiger partial charge >= 0.3 is 18.0 Å². The van der Waals surface area contributed by atoms with Crippen LogP contribution in [0.4, 0.5) is 4.79 Å². The van der Waals surface area contributed by atoms with E-state index in [0.717, 1.165) is 11.1 Å². The topological polar surface area (TPSA) is 102 Å². The predicted molar refractivity (Wildman–Crippen MR) is 116 cm³/mol. The van der Waals surface area contributed by atoms with E-state index in [1.807, 2.05) is 31.3 Å². The third-order valence-corrected chi connectivity index (χ3v) is 4.25. The highest BCUT2D eigenvalue weighted by Gasteiger charge is 2.23. The smallest absolute Gasteiger partial charge is 0.407 e. The first-order valence-corrected chi connectivity index (χ1v) is 9.77. The van der Waals surface area contributed by atoms with Crippen LogP contribution in [0, 0.1) is 13.8 Å². The number of rotatable bonds is 7. The third kappa shape index (κ3) is 7.44. The molecule has 0 saturated carbocycles. The van der Waals surface area contributed by atoms with E-state index in [4.69, 9.17) is 12.2 Å². The van der Waals surface area contributed by atoms with Gasteiger partial charge in [0, 0.05) is 6.50 Å². The second kappa shape index (κ2) is 10.1. The van der Waals surface area contributed by atoms with E-state index in [1.54, 1.807) is 39.0 Å². The van der Waals surface area contributed by atoms with Crippen molar-refractivity contribution in [3.05, 3.63) is 70.3 Å². The monoisotopic (exact) mass is 429 g/mol. The van der Waals surface area contributed by atoms with Crippen molar-refractivity contribution in [3.8, 4) is 0 Å². The van der Waals surface area contributed by atoms with Gasteiger partial charge in [0.2, 0.25) is 0 Å². The second-order valence-corrected chi connectivity index (χ2v) is 8.18. The number of carbonyl (C=O) groups is 3. The molecule has 0 spiro atoms. The Morgan fingerprint density at radius 1 is 1.10 bits per heavy atom. The summed E-state index contributed by atoms with van der Waals surface area (Å²) in [7, 11) is 0. The number of aryl methyl sites for hydroxylation is 2. The molecule has 2 rings (SSSR count). The zero-order chi connectivity index (χ0) is 25.0. The Balaban J connectivity index is 2.11. The van der Waals surface area contributed by atoms with Crippen molar-refractivity contribution in [3.63, 3.8) is 0 Å². The number of hydrogen-bond donors (Lipinski definition) is 2. The van der Waals surface area contributed by atoms with Gasteiger partial charge in [0.05, 0.1) is 14.2 Å². The van der Waals surface area contributed by atoms with Crippen molar-refractivity contribution in [2.45, 2.75) is 52.7 Å². The lowest BCUT2D eigenvalue weighted by molar-refractivity contribution is -0.138. The number of carbonyl (C=O) groups excluding carboxylic acids is 2. The first kappa shape index (κ1) is 20.9. The molecule has 1 atom stereocenters. The molecule has 7 heteroatoms. The molecule has 0 radical (unpaired) electrons. The Morgan fingerprint density at radius 2 is 1.74 bits per heavy atom. The number of alkyl carbamates (subject to hydrolysis) is 1. The van der Waals surface area contributed by atoms with Crippen molar-refractivity contribution < 1.29 is 31.7 Å². The molecule has 0 bridgehead atoms. The highest BCUT2D eigenvalue weighted by atomic mass is 16.6. The molecule has 0 unspecified atom stereocenters. The van der Waals surface area contributed by atoms with Gasteiger partial charge in [0.15, 0.2) is 0 Å². The SMILES string of the molecule is [2H]C([2H])(NC(=O)OC(C)(C)C)[C@@H](C(=O)O)c1ccc(COC(=O)c2ccc(C)cc2C)cc1. The van der Waals surface area contributed by atoms with Crippen LogP contribution in [0.5, 0.6) is 0 Å². The third-order valence-electron chi connectivity index (χ3n) is 4.25. The van der Waals surface area contributed by atoms with E-state index in [2.05, 4.69) is 0 Å². The molecule has 166 valence electrons. The van der Waals surface area contributed by atoms with Crippen LogP contribution in [-0.2, 0) is 20.9 Å². The molecule has 0 heterocycles. The number of amides is 1.